The van der Waals surface area contributed by atoms with E-state index in [2.05, 4.69) is 15.2 Å². The molecule has 1 aliphatic rings. The lowest BCUT2D eigenvalue weighted by Gasteiger charge is -2.23. The van der Waals surface area contributed by atoms with Gasteiger partial charge < -0.3 is 19.9 Å². The van der Waals surface area contributed by atoms with Gasteiger partial charge >= 0.3 is 0 Å². The second-order valence-electron chi connectivity index (χ2n) is 8.24. The Morgan fingerprint density at radius 3 is 2.49 bits per heavy atom. The number of methoxy groups -OCH3 is 1. The van der Waals surface area contributed by atoms with Gasteiger partial charge in [-0.1, -0.05) is 35.3 Å². The molecule has 9 heteroatoms. The molecule has 2 amide bonds. The predicted octanol–water partition coefficient (Wildman–Crippen LogP) is 4.93. The molecule has 0 spiro atoms. The van der Waals surface area contributed by atoms with Crippen LogP contribution in [0, 0.1) is 0 Å². The summed E-state index contributed by atoms with van der Waals surface area (Å²) < 4.78 is 5.14. The Kier molecular flexibility index (Phi) is 8.10. The monoisotopic (exact) mass is 512 g/mol. The molecule has 3 aromatic rings. The summed E-state index contributed by atoms with van der Waals surface area (Å²) in [7, 11) is 1.61. The van der Waals surface area contributed by atoms with Crippen molar-refractivity contribution in [3.05, 3.63) is 82.0 Å². The molecule has 4 rings (SSSR count). The first-order valence-electron chi connectivity index (χ1n) is 11.3. The maximum atomic E-state index is 13.0. The van der Waals surface area contributed by atoms with E-state index in [1.54, 1.807) is 31.5 Å². The summed E-state index contributed by atoms with van der Waals surface area (Å²) in [5.41, 5.74) is 1.99. The molecule has 2 heterocycles. The van der Waals surface area contributed by atoms with Gasteiger partial charge in [0.1, 0.15) is 11.6 Å². The van der Waals surface area contributed by atoms with Crippen LogP contribution >= 0.6 is 23.2 Å². The van der Waals surface area contributed by atoms with Crippen molar-refractivity contribution in [3.63, 3.8) is 0 Å². The van der Waals surface area contributed by atoms with Crippen molar-refractivity contribution >= 4 is 46.5 Å². The molecule has 0 bridgehead atoms. The zero-order valence-electron chi connectivity index (χ0n) is 19.3. The summed E-state index contributed by atoms with van der Waals surface area (Å²) >= 11 is 12.2. The maximum Gasteiger partial charge on any atom is 0.255 e. The zero-order chi connectivity index (χ0) is 24.8. The zero-order valence-corrected chi connectivity index (χ0v) is 20.9. The number of ether oxygens (including phenoxy) is 1. The molecule has 0 atom stereocenters. The fraction of sp³-hybridized carbons (Fsp3) is 0.269. The normalized spacial score (nSPS) is 13.8. The topological polar surface area (TPSA) is 74.8 Å². The van der Waals surface area contributed by atoms with Gasteiger partial charge in [0, 0.05) is 31.2 Å². The van der Waals surface area contributed by atoms with Crippen molar-refractivity contribution in [2.24, 2.45) is 0 Å². The highest BCUT2D eigenvalue weighted by Crippen LogP contribution is 2.24. The molecule has 1 aliphatic heterocycles. The highest BCUT2D eigenvalue weighted by atomic mass is 35.5. The van der Waals surface area contributed by atoms with E-state index < -0.39 is 0 Å². The van der Waals surface area contributed by atoms with Crippen LogP contribution in [0.5, 0.6) is 5.75 Å². The van der Waals surface area contributed by atoms with E-state index in [1.807, 2.05) is 41.3 Å². The van der Waals surface area contributed by atoms with Gasteiger partial charge in [-0.25, -0.2) is 4.98 Å². The van der Waals surface area contributed by atoms with E-state index in [-0.39, 0.29) is 18.2 Å². The van der Waals surface area contributed by atoms with Crippen molar-refractivity contribution in [1.29, 1.82) is 0 Å². The number of rotatable bonds is 6. The lowest BCUT2D eigenvalue weighted by Crippen LogP contribution is -2.35. The number of halogens is 2. The Morgan fingerprint density at radius 2 is 1.80 bits per heavy atom. The standard InChI is InChI=1S/C26H26Cl2N4O3/c1-35-21-7-3-18(4-8-21)15-25(33)30-20-6-10-24(29-17-20)31-11-2-12-32(14-13-31)26(34)22-9-5-19(27)16-23(22)28/h3-10,16-17H,2,11-15H2,1H3,(H,30,33). The number of benzene rings is 2. The van der Waals surface area contributed by atoms with Gasteiger partial charge in [-0.3, -0.25) is 9.59 Å². The van der Waals surface area contributed by atoms with Crippen molar-refractivity contribution in [2.75, 3.05) is 43.5 Å². The molecule has 0 aliphatic carbocycles. The van der Waals surface area contributed by atoms with Crippen molar-refractivity contribution in [2.45, 2.75) is 12.8 Å². The fourth-order valence-corrected chi connectivity index (χ4v) is 4.45. The van der Waals surface area contributed by atoms with E-state index in [4.69, 9.17) is 27.9 Å². The first-order valence-corrected chi connectivity index (χ1v) is 12.1. The minimum Gasteiger partial charge on any atom is -0.497 e. The molecule has 35 heavy (non-hydrogen) atoms. The second-order valence-corrected chi connectivity index (χ2v) is 9.08. The Hall–Kier alpha value is -3.29. The van der Waals surface area contributed by atoms with E-state index in [0.717, 1.165) is 30.1 Å². The Morgan fingerprint density at radius 1 is 1.00 bits per heavy atom. The van der Waals surface area contributed by atoms with Crippen LogP contribution in [-0.4, -0.2) is 55.0 Å². The van der Waals surface area contributed by atoms with Gasteiger partial charge in [0.2, 0.25) is 5.91 Å². The minimum atomic E-state index is -0.116. The van der Waals surface area contributed by atoms with Crippen molar-refractivity contribution < 1.29 is 14.3 Å². The Labute approximate surface area is 214 Å². The fourth-order valence-electron chi connectivity index (χ4n) is 3.96. The third-order valence-electron chi connectivity index (χ3n) is 5.82. The summed E-state index contributed by atoms with van der Waals surface area (Å²) in [6, 6.07) is 16.1. The van der Waals surface area contributed by atoms with Crippen LogP contribution in [0.15, 0.2) is 60.8 Å². The van der Waals surface area contributed by atoms with Crippen LogP contribution in [0.3, 0.4) is 0 Å². The molecule has 182 valence electrons. The number of anilines is 2. The van der Waals surface area contributed by atoms with Crippen LogP contribution in [0.25, 0.3) is 0 Å². The first kappa shape index (κ1) is 24.8. The lowest BCUT2D eigenvalue weighted by molar-refractivity contribution is -0.115. The highest BCUT2D eigenvalue weighted by molar-refractivity contribution is 6.36. The van der Waals surface area contributed by atoms with Gasteiger partial charge in [-0.05, 0) is 54.4 Å². The average molecular weight is 513 g/mol. The second kappa shape index (κ2) is 11.4. The SMILES string of the molecule is COc1ccc(CC(=O)Nc2ccc(N3CCCN(C(=O)c4ccc(Cl)cc4Cl)CC3)nc2)cc1. The van der Waals surface area contributed by atoms with Crippen LogP contribution in [0.4, 0.5) is 11.5 Å². The lowest BCUT2D eigenvalue weighted by atomic mass is 10.1. The van der Waals surface area contributed by atoms with Gasteiger partial charge in [0.25, 0.3) is 5.91 Å². The van der Waals surface area contributed by atoms with Crippen molar-refractivity contribution in [3.8, 4) is 5.75 Å². The van der Waals surface area contributed by atoms with Crippen LogP contribution in [0.2, 0.25) is 10.0 Å². The van der Waals surface area contributed by atoms with Crippen molar-refractivity contribution in [1.82, 2.24) is 9.88 Å². The Balaban J connectivity index is 1.32. The third-order valence-corrected chi connectivity index (χ3v) is 6.37. The molecular weight excluding hydrogens is 487 g/mol. The molecule has 1 saturated heterocycles. The number of amides is 2. The predicted molar refractivity (Wildman–Crippen MR) is 139 cm³/mol. The largest absolute Gasteiger partial charge is 0.497 e. The first-order chi connectivity index (χ1) is 16.9. The molecule has 1 fully saturated rings. The summed E-state index contributed by atoms with van der Waals surface area (Å²) in [6.07, 6.45) is 2.72. The molecule has 0 unspecified atom stereocenters. The summed E-state index contributed by atoms with van der Waals surface area (Å²) in [5.74, 6) is 1.34. The smallest absolute Gasteiger partial charge is 0.255 e. The number of hydrogen-bond donors (Lipinski definition) is 1. The molecule has 2 aromatic carbocycles. The van der Waals surface area contributed by atoms with Gasteiger partial charge in [-0.2, -0.15) is 0 Å². The van der Waals surface area contributed by atoms with Gasteiger partial charge in [-0.15, -0.1) is 0 Å². The van der Waals surface area contributed by atoms with Gasteiger partial charge in [0.05, 0.1) is 36.0 Å². The summed E-state index contributed by atoms with van der Waals surface area (Å²) in [6.45, 7) is 2.61. The van der Waals surface area contributed by atoms with Crippen LogP contribution in [-0.2, 0) is 11.2 Å². The number of pyridine rings is 1. The molecule has 7 nitrogen and oxygen atoms in total. The number of nitrogens with one attached hydrogen (secondary N) is 1. The molecule has 0 radical (unpaired) electrons. The number of aromatic nitrogens is 1. The maximum absolute atomic E-state index is 13.0. The van der Waals surface area contributed by atoms with Crippen LogP contribution < -0.4 is 15.0 Å². The minimum absolute atomic E-state index is 0.101. The average Bonchev–Trinajstić information content (AvgIpc) is 3.11. The molecule has 0 saturated carbocycles. The van der Waals surface area contributed by atoms with Crippen LogP contribution in [0.1, 0.15) is 22.3 Å². The van der Waals surface area contributed by atoms with E-state index in [1.165, 1.54) is 0 Å². The molecule has 1 aromatic heterocycles. The third kappa shape index (κ3) is 6.44. The number of carbonyl (C=O) groups excluding carboxylic acids is 2. The number of carbonyl (C=O) groups is 2. The van der Waals surface area contributed by atoms with E-state index in [9.17, 15) is 9.59 Å². The highest BCUT2D eigenvalue weighted by Gasteiger charge is 2.22. The Bertz CT molecular complexity index is 1190. The summed E-state index contributed by atoms with van der Waals surface area (Å²) in [5, 5.41) is 3.74. The van der Waals surface area contributed by atoms with Gasteiger partial charge in [0.15, 0.2) is 0 Å². The summed E-state index contributed by atoms with van der Waals surface area (Å²) in [4.78, 5) is 33.8. The van der Waals surface area contributed by atoms with E-state index in [0.29, 0.717) is 40.9 Å². The molecular formula is C26H26Cl2N4O3. The quantitative estimate of drug-likeness (QED) is 0.506. The van der Waals surface area contributed by atoms with E-state index >= 15 is 0 Å². The molecule has 1 N–H and O–H groups in total. The number of hydrogen-bond acceptors (Lipinski definition) is 5. The number of nitrogens with zero attached hydrogens (tertiary/aromatic N) is 3.